The zero-order chi connectivity index (χ0) is 12.5. The minimum Gasteiger partial charge on any atom is -0.393 e. The number of hydrogen-bond acceptors (Lipinski definition) is 4. The van der Waals surface area contributed by atoms with Crippen LogP contribution in [-0.2, 0) is 12.8 Å². The van der Waals surface area contributed by atoms with Crippen molar-refractivity contribution in [1.29, 1.82) is 0 Å². The van der Waals surface area contributed by atoms with Crippen molar-refractivity contribution in [2.45, 2.75) is 38.2 Å². The molecule has 1 aromatic carbocycles. The van der Waals surface area contributed by atoms with Crippen LogP contribution >= 0.6 is 0 Å². The van der Waals surface area contributed by atoms with E-state index in [9.17, 15) is 5.11 Å². The van der Waals surface area contributed by atoms with E-state index in [1.807, 2.05) is 19.1 Å². The molecule has 2 atom stereocenters. The van der Waals surface area contributed by atoms with Crippen LogP contribution in [0.1, 0.15) is 42.1 Å². The molecule has 0 amide bonds. The molecule has 1 N–H and O–H groups in total. The Morgan fingerprint density at radius 1 is 1.44 bits per heavy atom. The first kappa shape index (κ1) is 11.4. The number of aliphatic hydroxyl groups is 1. The third kappa shape index (κ3) is 1.93. The van der Waals surface area contributed by atoms with Crippen molar-refractivity contribution >= 4 is 0 Å². The summed E-state index contributed by atoms with van der Waals surface area (Å²) in [4.78, 5) is 4.38. The smallest absolute Gasteiger partial charge is 0.229 e. The summed E-state index contributed by atoms with van der Waals surface area (Å²) in [6, 6.07) is 8.33. The van der Waals surface area contributed by atoms with E-state index in [-0.39, 0.29) is 5.92 Å². The number of aromatic nitrogens is 2. The Labute approximate surface area is 106 Å². The summed E-state index contributed by atoms with van der Waals surface area (Å²) in [5.74, 6) is 1.54. The molecule has 3 rings (SSSR count). The van der Waals surface area contributed by atoms with Gasteiger partial charge in [-0.15, -0.1) is 0 Å². The molecule has 0 bridgehead atoms. The number of fused-ring (bicyclic) bond motifs is 1. The fourth-order valence-corrected chi connectivity index (χ4v) is 2.33. The maximum atomic E-state index is 9.56. The lowest BCUT2D eigenvalue weighted by atomic mass is 9.77. The average molecular weight is 244 g/mol. The summed E-state index contributed by atoms with van der Waals surface area (Å²) in [7, 11) is 0. The van der Waals surface area contributed by atoms with E-state index >= 15 is 0 Å². The molecule has 4 heteroatoms. The fourth-order valence-electron chi connectivity index (χ4n) is 2.33. The standard InChI is InChI=1S/C14H16N2O2/c1-2-10(17)8-13-15-14(16-18-13)12-7-9-5-3-4-6-11(9)12/h3-6,10,12,17H,2,7-8H2,1H3. The Hall–Kier alpha value is -1.68. The van der Waals surface area contributed by atoms with Crippen LogP contribution in [0.4, 0.5) is 0 Å². The largest absolute Gasteiger partial charge is 0.393 e. The lowest BCUT2D eigenvalue weighted by Gasteiger charge is -2.27. The predicted molar refractivity (Wildman–Crippen MR) is 66.3 cm³/mol. The molecule has 18 heavy (non-hydrogen) atoms. The number of benzene rings is 1. The van der Waals surface area contributed by atoms with Gasteiger partial charge in [-0.25, -0.2) is 0 Å². The highest BCUT2D eigenvalue weighted by atomic mass is 16.5. The van der Waals surface area contributed by atoms with Gasteiger partial charge in [0.2, 0.25) is 5.89 Å². The van der Waals surface area contributed by atoms with Crippen molar-refractivity contribution in [1.82, 2.24) is 10.1 Å². The summed E-state index contributed by atoms with van der Waals surface area (Å²) < 4.78 is 5.19. The van der Waals surface area contributed by atoms with E-state index < -0.39 is 6.10 Å². The van der Waals surface area contributed by atoms with Crippen LogP contribution in [0.5, 0.6) is 0 Å². The summed E-state index contributed by atoms with van der Waals surface area (Å²) in [5.41, 5.74) is 2.66. The van der Waals surface area contributed by atoms with Crippen LogP contribution in [-0.4, -0.2) is 21.4 Å². The van der Waals surface area contributed by atoms with Crippen LogP contribution in [0.15, 0.2) is 28.8 Å². The molecule has 0 aliphatic heterocycles. The normalized spacial score (nSPS) is 19.1. The molecule has 1 heterocycles. The van der Waals surface area contributed by atoms with Crippen molar-refractivity contribution < 1.29 is 9.63 Å². The topological polar surface area (TPSA) is 59.2 Å². The van der Waals surface area contributed by atoms with Gasteiger partial charge in [-0.05, 0) is 24.0 Å². The van der Waals surface area contributed by atoms with Crippen LogP contribution in [0.2, 0.25) is 0 Å². The summed E-state index contributed by atoms with van der Waals surface area (Å²) in [5, 5.41) is 13.6. The van der Waals surface area contributed by atoms with Gasteiger partial charge in [0.05, 0.1) is 18.4 Å². The summed E-state index contributed by atoms with van der Waals surface area (Å²) in [6.07, 6.45) is 1.72. The molecule has 0 saturated heterocycles. The lowest BCUT2D eigenvalue weighted by molar-refractivity contribution is 0.158. The zero-order valence-electron chi connectivity index (χ0n) is 10.3. The Bertz CT molecular complexity index is 550. The van der Waals surface area contributed by atoms with E-state index in [4.69, 9.17) is 4.52 Å². The minimum atomic E-state index is -0.396. The van der Waals surface area contributed by atoms with Gasteiger partial charge in [-0.2, -0.15) is 4.98 Å². The zero-order valence-corrected chi connectivity index (χ0v) is 10.3. The van der Waals surface area contributed by atoms with Gasteiger partial charge >= 0.3 is 0 Å². The maximum Gasteiger partial charge on any atom is 0.229 e. The van der Waals surface area contributed by atoms with Gasteiger partial charge < -0.3 is 9.63 Å². The number of hydrogen-bond donors (Lipinski definition) is 1. The van der Waals surface area contributed by atoms with Crippen molar-refractivity contribution in [3.05, 3.63) is 47.1 Å². The third-order valence-electron chi connectivity index (χ3n) is 3.53. The Morgan fingerprint density at radius 2 is 2.28 bits per heavy atom. The molecule has 0 radical (unpaired) electrons. The molecule has 4 nitrogen and oxygen atoms in total. The predicted octanol–water partition coefficient (Wildman–Crippen LogP) is 2.07. The second-order valence-corrected chi connectivity index (χ2v) is 4.77. The first-order chi connectivity index (χ1) is 8.78. The molecule has 0 fully saturated rings. The first-order valence-electron chi connectivity index (χ1n) is 6.36. The van der Waals surface area contributed by atoms with Crippen LogP contribution < -0.4 is 0 Å². The highest BCUT2D eigenvalue weighted by Crippen LogP contribution is 2.38. The molecule has 0 spiro atoms. The molecule has 0 saturated carbocycles. The van der Waals surface area contributed by atoms with Gasteiger partial charge in [0.15, 0.2) is 5.82 Å². The monoisotopic (exact) mass is 244 g/mol. The van der Waals surface area contributed by atoms with E-state index in [1.165, 1.54) is 11.1 Å². The Morgan fingerprint density at radius 3 is 3.06 bits per heavy atom. The Balaban J connectivity index is 1.76. The molecule has 2 aromatic rings. The second-order valence-electron chi connectivity index (χ2n) is 4.77. The van der Waals surface area contributed by atoms with Crippen molar-refractivity contribution in [3.63, 3.8) is 0 Å². The Kier molecular flexibility index (Phi) is 2.88. The van der Waals surface area contributed by atoms with Crippen molar-refractivity contribution in [2.24, 2.45) is 0 Å². The molecule has 1 aliphatic rings. The third-order valence-corrected chi connectivity index (χ3v) is 3.53. The highest BCUT2D eigenvalue weighted by molar-refractivity contribution is 5.43. The second kappa shape index (κ2) is 4.53. The lowest BCUT2D eigenvalue weighted by Crippen LogP contribution is -2.19. The quantitative estimate of drug-likeness (QED) is 0.894. The SMILES string of the molecule is CCC(O)Cc1nc(C2Cc3ccccc32)no1. The maximum absolute atomic E-state index is 9.56. The number of rotatable bonds is 4. The molecule has 94 valence electrons. The van der Waals surface area contributed by atoms with E-state index in [1.54, 1.807) is 0 Å². The molecule has 2 unspecified atom stereocenters. The van der Waals surface area contributed by atoms with Gasteiger partial charge in [-0.1, -0.05) is 36.3 Å². The van der Waals surface area contributed by atoms with Crippen molar-refractivity contribution in [3.8, 4) is 0 Å². The fraction of sp³-hybridized carbons (Fsp3) is 0.429. The molecular weight excluding hydrogens is 228 g/mol. The summed E-state index contributed by atoms with van der Waals surface area (Å²) >= 11 is 0. The van der Waals surface area contributed by atoms with Gasteiger partial charge in [0.1, 0.15) is 0 Å². The van der Waals surface area contributed by atoms with E-state index in [2.05, 4.69) is 22.3 Å². The van der Waals surface area contributed by atoms with Crippen LogP contribution in [0.25, 0.3) is 0 Å². The molecule has 1 aromatic heterocycles. The number of aliphatic hydroxyl groups excluding tert-OH is 1. The minimum absolute atomic E-state index is 0.262. The number of nitrogens with zero attached hydrogens (tertiary/aromatic N) is 2. The first-order valence-corrected chi connectivity index (χ1v) is 6.36. The molecule has 1 aliphatic carbocycles. The van der Waals surface area contributed by atoms with Crippen LogP contribution in [0.3, 0.4) is 0 Å². The highest BCUT2D eigenvalue weighted by Gasteiger charge is 2.31. The van der Waals surface area contributed by atoms with E-state index in [0.717, 1.165) is 12.2 Å². The summed E-state index contributed by atoms with van der Waals surface area (Å²) in [6.45, 7) is 1.93. The molecular formula is C14H16N2O2. The van der Waals surface area contributed by atoms with Gasteiger partial charge in [0.25, 0.3) is 0 Å². The van der Waals surface area contributed by atoms with Crippen LogP contribution in [0, 0.1) is 0 Å². The van der Waals surface area contributed by atoms with Gasteiger partial charge in [0, 0.05) is 0 Å². The van der Waals surface area contributed by atoms with Crippen molar-refractivity contribution in [2.75, 3.05) is 0 Å². The van der Waals surface area contributed by atoms with E-state index in [0.29, 0.717) is 18.7 Å². The average Bonchev–Trinajstić information content (AvgIpc) is 2.79. The van der Waals surface area contributed by atoms with Gasteiger partial charge in [-0.3, -0.25) is 0 Å².